The van der Waals surface area contributed by atoms with Crippen molar-refractivity contribution >= 4 is 22.7 Å². The summed E-state index contributed by atoms with van der Waals surface area (Å²) in [6.45, 7) is 0. The van der Waals surface area contributed by atoms with Gasteiger partial charge in [0, 0.05) is 22.7 Å². The van der Waals surface area contributed by atoms with Gasteiger partial charge in [0.2, 0.25) is 0 Å². The van der Waals surface area contributed by atoms with Gasteiger partial charge in [0.05, 0.1) is 11.1 Å². The minimum Gasteiger partial charge on any atom is -0.399 e. The van der Waals surface area contributed by atoms with Gasteiger partial charge in [-0.1, -0.05) is 0 Å². The molecule has 8 N–H and O–H groups in total. The van der Waals surface area contributed by atoms with E-state index in [1.165, 1.54) is 12.1 Å². The molecule has 0 aromatic heterocycles. The second kappa shape index (κ2) is 6.77. The van der Waals surface area contributed by atoms with E-state index >= 15 is 0 Å². The summed E-state index contributed by atoms with van der Waals surface area (Å²) in [5.74, 6) is 0. The number of alkyl halides is 6. The molecule has 0 saturated heterocycles. The zero-order valence-corrected chi connectivity index (χ0v) is 12.0. The zero-order valence-electron chi connectivity index (χ0n) is 12.0. The summed E-state index contributed by atoms with van der Waals surface area (Å²) in [6.07, 6.45) is -8.86. The van der Waals surface area contributed by atoms with Gasteiger partial charge in [0.1, 0.15) is 0 Å². The van der Waals surface area contributed by atoms with Crippen molar-refractivity contribution in [3.05, 3.63) is 47.5 Å². The Balaban J connectivity index is 0.000000240. The maximum absolute atomic E-state index is 12.1. The zero-order chi connectivity index (χ0) is 18.7. The summed E-state index contributed by atoms with van der Waals surface area (Å²) < 4.78 is 72.6. The maximum Gasteiger partial charge on any atom is 0.418 e. The minimum absolute atomic E-state index is 0.0523. The van der Waals surface area contributed by atoms with E-state index in [-0.39, 0.29) is 22.7 Å². The van der Waals surface area contributed by atoms with Gasteiger partial charge < -0.3 is 22.9 Å². The number of rotatable bonds is 0. The molecule has 2 rings (SSSR count). The molecule has 0 aliphatic carbocycles. The summed E-state index contributed by atoms with van der Waals surface area (Å²) in [7, 11) is 0. The third-order valence-electron chi connectivity index (χ3n) is 2.77. The largest absolute Gasteiger partial charge is 0.418 e. The van der Waals surface area contributed by atoms with Gasteiger partial charge in [-0.2, -0.15) is 26.3 Å². The third kappa shape index (κ3) is 5.14. The molecular weight excluding hydrogens is 338 g/mol. The molecule has 0 aliphatic rings. The van der Waals surface area contributed by atoms with Gasteiger partial charge in [-0.25, -0.2) is 0 Å². The van der Waals surface area contributed by atoms with E-state index in [0.29, 0.717) is 0 Å². The van der Waals surface area contributed by atoms with Crippen LogP contribution in [0, 0.1) is 0 Å². The fourth-order valence-electron chi connectivity index (χ4n) is 1.64. The highest BCUT2D eigenvalue weighted by atomic mass is 19.4. The lowest BCUT2D eigenvalue weighted by molar-refractivity contribution is -0.137. The molecular formula is C14H14F6N4. The van der Waals surface area contributed by atoms with Gasteiger partial charge in [-0.3, -0.25) is 0 Å². The van der Waals surface area contributed by atoms with Gasteiger partial charge in [-0.05, 0) is 36.4 Å². The van der Waals surface area contributed by atoms with Crippen molar-refractivity contribution in [3.8, 4) is 0 Å². The Bertz CT molecular complexity index is 648. The summed E-state index contributed by atoms with van der Waals surface area (Å²) in [4.78, 5) is 0. The second-order valence-electron chi connectivity index (χ2n) is 4.69. The molecule has 0 amide bonds. The predicted molar refractivity (Wildman–Crippen MR) is 80.5 cm³/mol. The fraction of sp³-hybridized carbons (Fsp3) is 0.143. The minimum atomic E-state index is -4.43. The van der Waals surface area contributed by atoms with Crippen molar-refractivity contribution in [3.63, 3.8) is 0 Å². The van der Waals surface area contributed by atoms with Crippen molar-refractivity contribution in [1.82, 2.24) is 0 Å². The molecule has 0 spiro atoms. The maximum atomic E-state index is 12.1. The first-order chi connectivity index (χ1) is 10.8. The highest BCUT2D eigenvalue weighted by Gasteiger charge is 2.33. The Kier molecular flexibility index (Phi) is 5.43. The van der Waals surface area contributed by atoms with Crippen molar-refractivity contribution < 1.29 is 26.3 Å². The summed E-state index contributed by atoms with van der Waals surface area (Å²) in [5.41, 5.74) is 18.3. The number of halogens is 6. The number of nitrogens with two attached hydrogens (primary N) is 4. The molecule has 0 bridgehead atoms. The first kappa shape index (κ1) is 19.3. The van der Waals surface area contributed by atoms with Gasteiger partial charge in [0.15, 0.2) is 0 Å². The number of hydrogen-bond donors (Lipinski definition) is 4. The lowest BCUT2D eigenvalue weighted by Gasteiger charge is -2.09. The monoisotopic (exact) mass is 352 g/mol. The molecule has 10 heteroatoms. The lowest BCUT2D eigenvalue weighted by atomic mass is 10.1. The van der Waals surface area contributed by atoms with Gasteiger partial charge >= 0.3 is 12.4 Å². The number of nitrogen functional groups attached to an aromatic ring is 4. The Hall–Kier alpha value is -2.78. The van der Waals surface area contributed by atoms with Crippen LogP contribution < -0.4 is 22.9 Å². The van der Waals surface area contributed by atoms with Crippen LogP contribution in [0.1, 0.15) is 11.1 Å². The third-order valence-corrected chi connectivity index (χ3v) is 2.77. The molecule has 0 atom stereocenters. The average molecular weight is 352 g/mol. The molecule has 2 aromatic carbocycles. The van der Waals surface area contributed by atoms with Crippen LogP contribution in [0.3, 0.4) is 0 Å². The molecule has 0 fully saturated rings. The van der Waals surface area contributed by atoms with E-state index in [0.717, 1.165) is 24.3 Å². The van der Waals surface area contributed by atoms with Crippen LogP contribution in [0.4, 0.5) is 49.1 Å². The Morgan fingerprint density at radius 1 is 0.542 bits per heavy atom. The first-order valence-corrected chi connectivity index (χ1v) is 6.26. The van der Waals surface area contributed by atoms with Crippen molar-refractivity contribution in [1.29, 1.82) is 0 Å². The van der Waals surface area contributed by atoms with Crippen molar-refractivity contribution in [2.45, 2.75) is 12.4 Å². The molecule has 0 aliphatic heterocycles. The van der Waals surface area contributed by atoms with Gasteiger partial charge in [0.25, 0.3) is 0 Å². The summed E-state index contributed by atoms with van der Waals surface area (Å²) in [6, 6.07) is 6.55. The van der Waals surface area contributed by atoms with E-state index in [1.54, 1.807) is 0 Å². The van der Waals surface area contributed by atoms with Crippen LogP contribution in [-0.2, 0) is 12.4 Å². The van der Waals surface area contributed by atoms with E-state index in [2.05, 4.69) is 0 Å². The molecule has 0 saturated carbocycles. The summed E-state index contributed by atoms with van der Waals surface area (Å²) >= 11 is 0. The lowest BCUT2D eigenvalue weighted by Crippen LogP contribution is -2.09. The van der Waals surface area contributed by atoms with Crippen molar-refractivity contribution in [2.24, 2.45) is 0 Å². The summed E-state index contributed by atoms with van der Waals surface area (Å²) in [5, 5.41) is 0. The van der Waals surface area contributed by atoms with Crippen LogP contribution in [0.2, 0.25) is 0 Å². The van der Waals surface area contributed by atoms with Crippen LogP contribution in [-0.4, -0.2) is 0 Å². The highest BCUT2D eigenvalue weighted by Crippen LogP contribution is 2.35. The first-order valence-electron chi connectivity index (χ1n) is 6.26. The highest BCUT2D eigenvalue weighted by molar-refractivity contribution is 5.57. The standard InChI is InChI=1S/2C7H7F3N2/c2*8-7(9,10)5-3-4(11)1-2-6(5)12/h2*1-3H,11-12H2. The van der Waals surface area contributed by atoms with Crippen LogP contribution in [0.15, 0.2) is 36.4 Å². The molecule has 0 heterocycles. The molecule has 0 unspecified atom stereocenters. The molecule has 2 aromatic rings. The number of anilines is 4. The molecule has 24 heavy (non-hydrogen) atoms. The second-order valence-corrected chi connectivity index (χ2v) is 4.69. The number of hydrogen-bond acceptors (Lipinski definition) is 4. The quantitative estimate of drug-likeness (QED) is 0.428. The molecule has 0 radical (unpaired) electrons. The van der Waals surface area contributed by atoms with Gasteiger partial charge in [-0.15, -0.1) is 0 Å². The average Bonchev–Trinajstić information content (AvgIpc) is 2.42. The number of benzene rings is 2. The normalized spacial score (nSPS) is 11.6. The van der Waals surface area contributed by atoms with E-state index in [1.807, 2.05) is 0 Å². The van der Waals surface area contributed by atoms with Crippen LogP contribution in [0.25, 0.3) is 0 Å². The Labute approximate surface area is 133 Å². The SMILES string of the molecule is Nc1ccc(N)c(C(F)(F)F)c1.Nc1ccc(N)c(C(F)(F)F)c1. The smallest absolute Gasteiger partial charge is 0.399 e. The van der Waals surface area contributed by atoms with Crippen LogP contribution in [0.5, 0.6) is 0 Å². The Morgan fingerprint density at radius 2 is 0.833 bits per heavy atom. The molecule has 4 nitrogen and oxygen atoms in total. The van der Waals surface area contributed by atoms with Crippen LogP contribution >= 0.6 is 0 Å². The molecule has 132 valence electrons. The predicted octanol–water partition coefficient (Wildman–Crippen LogP) is 3.74. The van der Waals surface area contributed by atoms with E-state index < -0.39 is 23.5 Å². The van der Waals surface area contributed by atoms with E-state index in [4.69, 9.17) is 22.9 Å². The topological polar surface area (TPSA) is 104 Å². The fourth-order valence-corrected chi connectivity index (χ4v) is 1.64. The van der Waals surface area contributed by atoms with Crippen molar-refractivity contribution in [2.75, 3.05) is 22.9 Å². The Morgan fingerprint density at radius 3 is 1.04 bits per heavy atom. The van der Waals surface area contributed by atoms with E-state index in [9.17, 15) is 26.3 Å².